The lowest BCUT2D eigenvalue weighted by atomic mass is 10.1. The molecule has 0 spiro atoms. The molecule has 3 aromatic rings. The number of carbonyl (C=O) groups excluding carboxylic acids is 1. The molecular formula is C19H14BrF3N4O. The third-order valence-corrected chi connectivity index (χ3v) is 4.87. The second kappa shape index (κ2) is 7.05. The van der Waals surface area contributed by atoms with Crippen molar-refractivity contribution >= 4 is 27.7 Å². The zero-order valence-electron chi connectivity index (χ0n) is 14.4. The number of alkyl halides is 3. The number of nitrogens with one attached hydrogen (secondary N) is 1. The zero-order chi connectivity index (χ0) is 19.9. The highest BCUT2D eigenvalue weighted by atomic mass is 79.9. The summed E-state index contributed by atoms with van der Waals surface area (Å²) in [6.07, 6.45) is 0.227. The first-order chi connectivity index (χ1) is 13.3. The van der Waals surface area contributed by atoms with E-state index in [1.165, 1.54) is 16.9 Å². The fraction of sp³-hybridized carbons (Fsp3) is 0.211. The molecule has 1 aliphatic carbocycles. The lowest BCUT2D eigenvalue weighted by molar-refractivity contribution is -0.137. The van der Waals surface area contributed by atoms with Gasteiger partial charge in [0, 0.05) is 16.6 Å². The number of hydrogen-bond donors (Lipinski definition) is 1. The Morgan fingerprint density at radius 1 is 1.18 bits per heavy atom. The van der Waals surface area contributed by atoms with E-state index < -0.39 is 17.6 Å². The number of carbonyl (C=O) groups is 1. The second-order valence-electron chi connectivity index (χ2n) is 6.49. The van der Waals surface area contributed by atoms with Gasteiger partial charge in [-0.3, -0.25) is 4.79 Å². The van der Waals surface area contributed by atoms with Crippen molar-refractivity contribution in [3.05, 3.63) is 70.1 Å². The minimum atomic E-state index is -4.45. The normalized spacial score (nSPS) is 14.1. The zero-order valence-corrected chi connectivity index (χ0v) is 16.0. The van der Waals surface area contributed by atoms with E-state index in [0.29, 0.717) is 17.1 Å². The monoisotopic (exact) mass is 450 g/mol. The van der Waals surface area contributed by atoms with Crippen molar-refractivity contribution in [1.29, 1.82) is 0 Å². The summed E-state index contributed by atoms with van der Waals surface area (Å²) in [5.74, 6) is 0.0763. The number of pyridine rings is 1. The van der Waals surface area contributed by atoms with Crippen molar-refractivity contribution in [3.8, 4) is 5.69 Å². The van der Waals surface area contributed by atoms with Crippen LogP contribution >= 0.6 is 15.9 Å². The number of nitrogens with zero attached hydrogens (tertiary/aromatic N) is 3. The molecule has 0 saturated heterocycles. The van der Waals surface area contributed by atoms with Gasteiger partial charge in [-0.05, 0) is 59.1 Å². The van der Waals surface area contributed by atoms with E-state index in [-0.39, 0.29) is 11.6 Å². The van der Waals surface area contributed by atoms with Gasteiger partial charge >= 0.3 is 6.18 Å². The van der Waals surface area contributed by atoms with Crippen LogP contribution < -0.4 is 5.32 Å². The molecule has 4 rings (SSSR count). The van der Waals surface area contributed by atoms with Crippen LogP contribution in [0.3, 0.4) is 0 Å². The van der Waals surface area contributed by atoms with Crippen molar-refractivity contribution in [2.75, 3.05) is 5.32 Å². The maximum atomic E-state index is 13.1. The summed E-state index contributed by atoms with van der Waals surface area (Å²) in [4.78, 5) is 16.8. The molecule has 144 valence electrons. The van der Waals surface area contributed by atoms with Crippen molar-refractivity contribution in [3.63, 3.8) is 0 Å². The van der Waals surface area contributed by atoms with Crippen LogP contribution in [0, 0.1) is 0 Å². The predicted octanol–water partition coefficient (Wildman–Crippen LogP) is 5.18. The molecule has 5 nitrogen and oxygen atoms in total. The van der Waals surface area contributed by atoms with Crippen LogP contribution in [0.5, 0.6) is 0 Å². The Morgan fingerprint density at radius 3 is 2.61 bits per heavy atom. The van der Waals surface area contributed by atoms with Gasteiger partial charge in [-0.2, -0.15) is 18.3 Å². The summed E-state index contributed by atoms with van der Waals surface area (Å²) in [7, 11) is 0. The summed E-state index contributed by atoms with van der Waals surface area (Å²) in [5, 5.41) is 6.91. The highest BCUT2D eigenvalue weighted by Crippen LogP contribution is 2.43. The maximum absolute atomic E-state index is 13.1. The highest BCUT2D eigenvalue weighted by Gasteiger charge is 2.34. The Labute approximate surface area is 166 Å². The molecule has 1 amide bonds. The quantitative estimate of drug-likeness (QED) is 0.595. The van der Waals surface area contributed by atoms with Gasteiger partial charge in [0.25, 0.3) is 5.91 Å². The SMILES string of the molecule is O=C(Nc1ccc(Br)cn1)c1cnn(-c2cccc(C(F)(F)F)c2)c1C1CC1. The van der Waals surface area contributed by atoms with E-state index in [4.69, 9.17) is 0 Å². The highest BCUT2D eigenvalue weighted by molar-refractivity contribution is 9.10. The largest absolute Gasteiger partial charge is 0.416 e. The molecule has 28 heavy (non-hydrogen) atoms. The Balaban J connectivity index is 1.69. The van der Waals surface area contributed by atoms with Gasteiger partial charge in [0.1, 0.15) is 5.82 Å². The molecule has 1 N–H and O–H groups in total. The lowest BCUT2D eigenvalue weighted by Gasteiger charge is -2.12. The number of anilines is 1. The minimum Gasteiger partial charge on any atom is -0.306 e. The fourth-order valence-electron chi connectivity index (χ4n) is 2.94. The van der Waals surface area contributed by atoms with Crippen LogP contribution in [0.4, 0.5) is 19.0 Å². The van der Waals surface area contributed by atoms with Gasteiger partial charge < -0.3 is 5.32 Å². The molecule has 0 aliphatic heterocycles. The molecule has 9 heteroatoms. The fourth-order valence-corrected chi connectivity index (χ4v) is 3.17. The molecule has 0 bridgehead atoms. The minimum absolute atomic E-state index is 0.0932. The summed E-state index contributed by atoms with van der Waals surface area (Å²) < 4.78 is 41.4. The van der Waals surface area contributed by atoms with E-state index in [0.717, 1.165) is 29.4 Å². The van der Waals surface area contributed by atoms with E-state index in [1.54, 1.807) is 24.4 Å². The van der Waals surface area contributed by atoms with Crippen molar-refractivity contribution in [2.45, 2.75) is 24.9 Å². The van der Waals surface area contributed by atoms with E-state index in [2.05, 4.69) is 31.3 Å². The summed E-state index contributed by atoms with van der Waals surface area (Å²) in [5.41, 5.74) is 0.475. The smallest absolute Gasteiger partial charge is 0.306 e. The topological polar surface area (TPSA) is 59.8 Å². The Hall–Kier alpha value is -2.68. The lowest BCUT2D eigenvalue weighted by Crippen LogP contribution is -2.15. The van der Waals surface area contributed by atoms with Crippen molar-refractivity contribution in [1.82, 2.24) is 14.8 Å². The summed E-state index contributed by atoms with van der Waals surface area (Å²) in [6.45, 7) is 0. The molecule has 1 aromatic carbocycles. The van der Waals surface area contributed by atoms with Crippen LogP contribution in [0.25, 0.3) is 5.69 Å². The first-order valence-corrected chi connectivity index (χ1v) is 9.30. The third-order valence-electron chi connectivity index (χ3n) is 4.40. The third kappa shape index (κ3) is 3.80. The van der Waals surface area contributed by atoms with Gasteiger partial charge in [-0.15, -0.1) is 0 Å². The van der Waals surface area contributed by atoms with Gasteiger partial charge in [0.2, 0.25) is 0 Å². The maximum Gasteiger partial charge on any atom is 0.416 e. The Bertz CT molecular complexity index is 1030. The predicted molar refractivity (Wildman–Crippen MR) is 100 cm³/mol. The molecule has 1 fully saturated rings. The molecule has 0 unspecified atom stereocenters. The number of benzene rings is 1. The first-order valence-electron chi connectivity index (χ1n) is 8.51. The average Bonchev–Trinajstić information content (AvgIpc) is 3.40. The standard InChI is InChI=1S/C19H14BrF3N4O/c20-13-6-7-16(24-9-13)26-18(28)15-10-25-27(17(15)11-4-5-11)14-3-1-2-12(8-14)19(21,22)23/h1-3,6-11H,4-5H2,(H,24,26,28). The van der Waals surface area contributed by atoms with E-state index >= 15 is 0 Å². The van der Waals surface area contributed by atoms with Crippen LogP contribution in [-0.4, -0.2) is 20.7 Å². The van der Waals surface area contributed by atoms with Gasteiger partial charge in [-0.25, -0.2) is 9.67 Å². The summed E-state index contributed by atoms with van der Waals surface area (Å²) >= 11 is 3.28. The van der Waals surface area contributed by atoms with Crippen LogP contribution in [0.15, 0.2) is 53.3 Å². The number of hydrogen-bond acceptors (Lipinski definition) is 3. The van der Waals surface area contributed by atoms with Crippen LogP contribution in [0.1, 0.15) is 40.4 Å². The number of rotatable bonds is 4. The van der Waals surface area contributed by atoms with Crippen LogP contribution in [0.2, 0.25) is 0 Å². The van der Waals surface area contributed by atoms with E-state index in [9.17, 15) is 18.0 Å². The molecule has 2 heterocycles. The van der Waals surface area contributed by atoms with Gasteiger partial charge in [0.15, 0.2) is 0 Å². The molecular weight excluding hydrogens is 437 g/mol. The van der Waals surface area contributed by atoms with Crippen molar-refractivity contribution < 1.29 is 18.0 Å². The molecule has 1 saturated carbocycles. The second-order valence-corrected chi connectivity index (χ2v) is 7.41. The summed E-state index contributed by atoms with van der Waals surface area (Å²) in [6, 6.07) is 8.33. The number of aromatic nitrogens is 3. The van der Waals surface area contributed by atoms with Crippen LogP contribution in [-0.2, 0) is 6.18 Å². The number of amides is 1. The Kier molecular flexibility index (Phi) is 4.70. The van der Waals surface area contributed by atoms with Gasteiger partial charge in [-0.1, -0.05) is 6.07 Å². The molecule has 2 aromatic heterocycles. The number of halogens is 4. The first kappa shape index (κ1) is 18.7. The molecule has 1 aliphatic rings. The average molecular weight is 451 g/mol. The molecule has 0 atom stereocenters. The van der Waals surface area contributed by atoms with Gasteiger partial charge in [0.05, 0.1) is 28.7 Å². The molecule has 0 radical (unpaired) electrons. The van der Waals surface area contributed by atoms with Crippen molar-refractivity contribution in [2.24, 2.45) is 0 Å². The Morgan fingerprint density at radius 2 is 1.96 bits per heavy atom. The van der Waals surface area contributed by atoms with E-state index in [1.807, 2.05) is 0 Å².